The first kappa shape index (κ1) is 19.0. The number of para-hydroxylation sites is 1. The lowest BCUT2D eigenvalue weighted by atomic mass is 9.57. The fourth-order valence-corrected chi connectivity index (χ4v) is 5.35. The summed E-state index contributed by atoms with van der Waals surface area (Å²) in [6.07, 6.45) is 3.15. The predicted molar refractivity (Wildman–Crippen MR) is 120 cm³/mol. The summed E-state index contributed by atoms with van der Waals surface area (Å²) < 4.78 is 0. The molecule has 0 amide bonds. The van der Waals surface area contributed by atoms with Crippen molar-refractivity contribution in [3.63, 3.8) is 0 Å². The van der Waals surface area contributed by atoms with Crippen LogP contribution in [0.3, 0.4) is 0 Å². The molecular weight excluding hydrogens is 344 g/mol. The molecule has 1 aliphatic carbocycles. The van der Waals surface area contributed by atoms with E-state index < -0.39 is 0 Å². The van der Waals surface area contributed by atoms with Crippen LogP contribution in [0.5, 0.6) is 0 Å². The molecule has 2 aromatic carbocycles. The quantitative estimate of drug-likeness (QED) is 0.648. The van der Waals surface area contributed by atoms with E-state index in [4.69, 9.17) is 10.7 Å². The van der Waals surface area contributed by atoms with Crippen molar-refractivity contribution in [1.29, 1.82) is 0 Å². The monoisotopic (exact) mass is 376 g/mol. The first-order chi connectivity index (χ1) is 13.6. The number of rotatable bonds is 5. The predicted octanol–water partition coefficient (Wildman–Crippen LogP) is 4.94. The van der Waals surface area contributed by atoms with Crippen molar-refractivity contribution in [2.45, 2.75) is 44.9 Å². The summed E-state index contributed by atoms with van der Waals surface area (Å²) in [5, 5.41) is 7.12. The molecule has 2 aliphatic rings. The number of unbranched alkanes of at least 4 members (excludes halogenated alkanes) is 1. The molecule has 28 heavy (non-hydrogen) atoms. The number of anilines is 2. The third-order valence-electron chi connectivity index (χ3n) is 6.53. The molecular formula is C24H32N4. The van der Waals surface area contributed by atoms with E-state index in [0.29, 0.717) is 11.8 Å². The lowest BCUT2D eigenvalue weighted by molar-refractivity contribution is 0.319. The number of hydrogen-bond acceptors (Lipinski definition) is 3. The fourth-order valence-electron chi connectivity index (χ4n) is 5.35. The van der Waals surface area contributed by atoms with Crippen LogP contribution < -0.4 is 16.4 Å². The number of amidine groups is 1. The van der Waals surface area contributed by atoms with Crippen LogP contribution in [0.1, 0.15) is 61.6 Å². The second kappa shape index (κ2) is 7.59. The van der Waals surface area contributed by atoms with Crippen LogP contribution >= 0.6 is 0 Å². The van der Waals surface area contributed by atoms with Crippen molar-refractivity contribution in [3.8, 4) is 0 Å². The zero-order valence-electron chi connectivity index (χ0n) is 17.3. The first-order valence-electron chi connectivity index (χ1n) is 10.5. The molecule has 0 unspecified atom stereocenters. The van der Waals surface area contributed by atoms with Gasteiger partial charge < -0.3 is 16.4 Å². The van der Waals surface area contributed by atoms with Gasteiger partial charge in [-0.05, 0) is 60.5 Å². The van der Waals surface area contributed by atoms with Crippen molar-refractivity contribution in [3.05, 3.63) is 59.2 Å². The lowest BCUT2D eigenvalue weighted by Gasteiger charge is -2.50. The molecule has 3 atom stereocenters. The van der Waals surface area contributed by atoms with Gasteiger partial charge in [-0.3, -0.25) is 4.99 Å². The molecule has 0 spiro atoms. The Bertz CT molecular complexity index is 888. The van der Waals surface area contributed by atoms with Gasteiger partial charge in [-0.2, -0.15) is 0 Å². The third kappa shape index (κ3) is 3.00. The largest absolute Gasteiger partial charge is 0.388 e. The number of fused-ring (bicyclic) bond motifs is 5. The summed E-state index contributed by atoms with van der Waals surface area (Å²) in [5.41, 5.74) is 12.4. The molecule has 0 aromatic heterocycles. The smallest absolute Gasteiger partial charge is 0.108 e. The Kier molecular flexibility index (Phi) is 5.15. The number of nitrogens with two attached hydrogens (primary N) is 1. The second-order valence-corrected chi connectivity index (χ2v) is 8.45. The maximum atomic E-state index is 5.67. The van der Waals surface area contributed by atoms with Crippen LogP contribution in [0, 0.1) is 5.41 Å². The van der Waals surface area contributed by atoms with Gasteiger partial charge in [0.05, 0.1) is 0 Å². The van der Waals surface area contributed by atoms with Gasteiger partial charge in [-0.15, -0.1) is 0 Å². The minimum Gasteiger partial charge on any atom is -0.388 e. The van der Waals surface area contributed by atoms with Crippen molar-refractivity contribution in [1.82, 2.24) is 0 Å². The van der Waals surface area contributed by atoms with Gasteiger partial charge >= 0.3 is 0 Å². The van der Waals surface area contributed by atoms with Crippen LogP contribution in [0.4, 0.5) is 11.4 Å². The van der Waals surface area contributed by atoms with E-state index in [1.54, 1.807) is 0 Å². The number of hydrogen-bond donors (Lipinski definition) is 3. The maximum Gasteiger partial charge on any atom is 0.108 e. The van der Waals surface area contributed by atoms with E-state index in [1.165, 1.54) is 28.1 Å². The Balaban J connectivity index is 1.87. The van der Waals surface area contributed by atoms with E-state index in [-0.39, 0.29) is 5.41 Å². The van der Waals surface area contributed by atoms with Gasteiger partial charge in [0.1, 0.15) is 5.84 Å². The maximum absolute atomic E-state index is 5.67. The Labute approximate surface area is 168 Å². The summed E-state index contributed by atoms with van der Waals surface area (Å²) in [4.78, 5) is 5.06. The van der Waals surface area contributed by atoms with Crippen LogP contribution in [-0.4, -0.2) is 26.0 Å². The van der Waals surface area contributed by atoms with Crippen molar-refractivity contribution < 1.29 is 0 Å². The second-order valence-electron chi connectivity index (χ2n) is 8.45. The normalized spacial score (nSPS) is 26.8. The minimum atomic E-state index is -0.0319. The molecule has 0 bridgehead atoms. The molecule has 1 aliphatic heterocycles. The zero-order valence-corrected chi connectivity index (χ0v) is 17.3. The Hall–Kier alpha value is -2.33. The zero-order chi connectivity index (χ0) is 19.7. The Morgan fingerprint density at radius 2 is 1.93 bits per heavy atom. The van der Waals surface area contributed by atoms with Gasteiger partial charge in [-0.25, -0.2) is 0 Å². The molecule has 4 nitrogen and oxygen atoms in total. The minimum absolute atomic E-state index is 0.0319. The molecule has 4 rings (SSSR count). The lowest BCUT2D eigenvalue weighted by Crippen LogP contribution is -2.47. The highest BCUT2D eigenvalue weighted by atomic mass is 15.0. The summed E-state index contributed by atoms with van der Waals surface area (Å²) in [6, 6.07) is 15.4. The summed E-state index contributed by atoms with van der Waals surface area (Å²) in [5.74, 6) is 1.93. The molecule has 148 valence electrons. The van der Waals surface area contributed by atoms with Crippen molar-refractivity contribution in [2.24, 2.45) is 16.1 Å². The molecule has 0 radical (unpaired) electrons. The van der Waals surface area contributed by atoms with Gasteiger partial charge in [-0.1, -0.05) is 44.2 Å². The van der Waals surface area contributed by atoms with Gasteiger partial charge in [0.25, 0.3) is 0 Å². The fraction of sp³-hybridized carbons (Fsp3) is 0.458. The molecule has 4 N–H and O–H groups in total. The average molecular weight is 377 g/mol. The highest BCUT2D eigenvalue weighted by Crippen LogP contribution is 2.58. The highest BCUT2D eigenvalue weighted by molar-refractivity contribution is 6.04. The molecule has 0 saturated heterocycles. The number of nitrogens with zero attached hydrogens (tertiary/aromatic N) is 1. The van der Waals surface area contributed by atoms with E-state index in [0.717, 1.165) is 38.2 Å². The van der Waals surface area contributed by atoms with Crippen LogP contribution in [0.2, 0.25) is 0 Å². The standard InChI is InChI=1S/C24H32N4/c1-16-15-24(2)22(18-10-8-12-20(26-3)21(16)18)17-9-4-5-11-19(17)28-23(24)27-14-7-6-13-25/h4-5,8-12,16,22,26H,6-7,13-15,25H2,1-3H3,(H,27,28)/t16-,22-,24+/m1/s1. The topological polar surface area (TPSA) is 62.4 Å². The number of benzene rings is 2. The highest BCUT2D eigenvalue weighted by Gasteiger charge is 2.50. The number of aliphatic imine (C=N–C) groups is 1. The van der Waals surface area contributed by atoms with Gasteiger partial charge in [0.2, 0.25) is 0 Å². The van der Waals surface area contributed by atoms with Gasteiger partial charge in [0, 0.05) is 36.3 Å². The van der Waals surface area contributed by atoms with E-state index >= 15 is 0 Å². The van der Waals surface area contributed by atoms with Crippen molar-refractivity contribution >= 4 is 17.2 Å². The van der Waals surface area contributed by atoms with E-state index in [2.05, 4.69) is 66.9 Å². The summed E-state index contributed by atoms with van der Waals surface area (Å²) in [7, 11) is 2.02. The molecule has 4 heteroatoms. The molecule has 0 saturated carbocycles. The Morgan fingerprint density at radius 1 is 1.14 bits per heavy atom. The van der Waals surface area contributed by atoms with Gasteiger partial charge in [0.15, 0.2) is 0 Å². The summed E-state index contributed by atoms with van der Waals surface area (Å²) in [6.45, 7) is 6.32. The van der Waals surface area contributed by atoms with Crippen LogP contribution in [-0.2, 0) is 0 Å². The number of nitrogens with one attached hydrogen (secondary N) is 2. The molecule has 2 aromatic rings. The van der Waals surface area contributed by atoms with E-state index in [9.17, 15) is 0 Å². The summed E-state index contributed by atoms with van der Waals surface area (Å²) >= 11 is 0. The van der Waals surface area contributed by atoms with E-state index in [1.807, 2.05) is 7.05 Å². The molecule has 1 heterocycles. The van der Waals surface area contributed by atoms with Crippen molar-refractivity contribution in [2.75, 3.05) is 30.8 Å². The first-order valence-corrected chi connectivity index (χ1v) is 10.5. The van der Waals surface area contributed by atoms with Crippen LogP contribution in [0.15, 0.2) is 47.5 Å². The molecule has 0 fully saturated rings. The Morgan fingerprint density at radius 3 is 2.71 bits per heavy atom. The SMILES string of the molecule is CNc1cccc2c1[C@H](C)C[C@]1(C)C(=NCCCCN)Nc3ccccc3[C@H]21. The average Bonchev–Trinajstić information content (AvgIpc) is 2.70. The van der Waals surface area contributed by atoms with Crippen LogP contribution in [0.25, 0.3) is 0 Å². The third-order valence-corrected chi connectivity index (χ3v) is 6.53.